The Labute approximate surface area is 136 Å². The van der Waals surface area contributed by atoms with E-state index in [1.165, 1.54) is 6.42 Å². The van der Waals surface area contributed by atoms with E-state index in [0.717, 1.165) is 32.1 Å². The lowest BCUT2D eigenvalue weighted by molar-refractivity contribution is -0.151. The Hall–Kier alpha value is -1.79. The standard InChI is InChI=1S/C16H27N3O4/c20-13(19-16(14(21)22)9-5-10-16)8-4-11-17-15(23)18-12-6-2-1-3-7-12/h12H,1-11H2,(H,19,20)(H,21,22)(H2,17,18,23). The quantitative estimate of drug-likeness (QED) is 0.532. The van der Waals surface area contributed by atoms with Crippen LogP contribution < -0.4 is 16.0 Å². The second-order valence-corrected chi connectivity index (χ2v) is 6.63. The highest BCUT2D eigenvalue weighted by atomic mass is 16.4. The van der Waals surface area contributed by atoms with Crippen molar-refractivity contribution in [3.63, 3.8) is 0 Å². The van der Waals surface area contributed by atoms with Crippen molar-refractivity contribution in [2.75, 3.05) is 6.54 Å². The fourth-order valence-corrected chi connectivity index (χ4v) is 3.19. The van der Waals surface area contributed by atoms with Crippen molar-refractivity contribution >= 4 is 17.9 Å². The third-order valence-corrected chi connectivity index (χ3v) is 4.80. The van der Waals surface area contributed by atoms with Crippen molar-refractivity contribution in [3.05, 3.63) is 0 Å². The molecule has 2 saturated carbocycles. The normalized spacial score (nSPS) is 20.2. The maximum absolute atomic E-state index is 11.8. The largest absolute Gasteiger partial charge is 0.480 e. The Morgan fingerprint density at radius 3 is 2.30 bits per heavy atom. The van der Waals surface area contributed by atoms with Crippen molar-refractivity contribution < 1.29 is 19.5 Å². The van der Waals surface area contributed by atoms with Crippen molar-refractivity contribution in [3.8, 4) is 0 Å². The summed E-state index contributed by atoms with van der Waals surface area (Å²) < 4.78 is 0. The number of amides is 3. The second-order valence-electron chi connectivity index (χ2n) is 6.63. The number of carbonyl (C=O) groups excluding carboxylic acids is 2. The predicted molar refractivity (Wildman–Crippen MR) is 85.0 cm³/mol. The van der Waals surface area contributed by atoms with Crippen LogP contribution >= 0.6 is 0 Å². The number of nitrogens with one attached hydrogen (secondary N) is 3. The molecule has 0 aromatic carbocycles. The van der Waals surface area contributed by atoms with Crippen molar-refractivity contribution in [2.24, 2.45) is 0 Å². The Morgan fingerprint density at radius 1 is 1.04 bits per heavy atom. The van der Waals surface area contributed by atoms with Gasteiger partial charge in [0.1, 0.15) is 5.54 Å². The molecule has 7 heteroatoms. The zero-order valence-corrected chi connectivity index (χ0v) is 13.5. The topological polar surface area (TPSA) is 108 Å². The number of carboxylic acids is 1. The molecular formula is C16H27N3O4. The van der Waals surface area contributed by atoms with Crippen molar-refractivity contribution in [1.82, 2.24) is 16.0 Å². The first-order valence-corrected chi connectivity index (χ1v) is 8.61. The van der Waals surface area contributed by atoms with Crippen molar-refractivity contribution in [1.29, 1.82) is 0 Å². The fourth-order valence-electron chi connectivity index (χ4n) is 3.19. The lowest BCUT2D eigenvalue weighted by Gasteiger charge is -2.38. The van der Waals surface area contributed by atoms with Crippen LogP contribution in [-0.4, -0.2) is 41.1 Å². The Balaban J connectivity index is 1.56. The zero-order valence-electron chi connectivity index (χ0n) is 13.5. The molecule has 0 unspecified atom stereocenters. The van der Waals surface area contributed by atoms with Crippen LogP contribution in [0.5, 0.6) is 0 Å². The summed E-state index contributed by atoms with van der Waals surface area (Å²) in [6.45, 7) is 0.409. The molecule has 0 heterocycles. The summed E-state index contributed by atoms with van der Waals surface area (Å²) in [5.74, 6) is -1.22. The molecule has 2 rings (SSSR count). The van der Waals surface area contributed by atoms with E-state index in [0.29, 0.717) is 25.8 Å². The number of urea groups is 1. The average molecular weight is 325 g/mol. The van der Waals surface area contributed by atoms with Gasteiger partial charge in [-0.3, -0.25) is 4.79 Å². The summed E-state index contributed by atoms with van der Waals surface area (Å²) in [6, 6.07) is 0.0828. The molecule has 23 heavy (non-hydrogen) atoms. The van der Waals surface area contributed by atoms with Gasteiger partial charge < -0.3 is 21.1 Å². The molecule has 130 valence electrons. The highest BCUT2D eigenvalue weighted by Gasteiger charge is 2.45. The van der Waals surface area contributed by atoms with E-state index < -0.39 is 11.5 Å². The van der Waals surface area contributed by atoms with Gasteiger partial charge in [-0.05, 0) is 38.5 Å². The van der Waals surface area contributed by atoms with E-state index in [9.17, 15) is 14.4 Å². The highest BCUT2D eigenvalue weighted by Crippen LogP contribution is 2.32. The minimum Gasteiger partial charge on any atom is -0.480 e. The van der Waals surface area contributed by atoms with Gasteiger partial charge in [0.25, 0.3) is 0 Å². The van der Waals surface area contributed by atoms with Gasteiger partial charge in [0.2, 0.25) is 5.91 Å². The summed E-state index contributed by atoms with van der Waals surface area (Å²) in [5, 5.41) is 17.5. The van der Waals surface area contributed by atoms with Gasteiger partial charge in [0.15, 0.2) is 0 Å². The fraction of sp³-hybridized carbons (Fsp3) is 0.812. The van der Waals surface area contributed by atoms with Gasteiger partial charge in [-0.1, -0.05) is 19.3 Å². The first-order chi connectivity index (χ1) is 11.0. The monoisotopic (exact) mass is 325 g/mol. The first-order valence-electron chi connectivity index (χ1n) is 8.61. The minimum atomic E-state index is -1.05. The summed E-state index contributed by atoms with van der Waals surface area (Å²) in [6.07, 6.45) is 8.18. The number of rotatable bonds is 7. The molecule has 0 saturated heterocycles. The molecule has 3 amide bonds. The highest BCUT2D eigenvalue weighted by molar-refractivity contribution is 5.87. The lowest BCUT2D eigenvalue weighted by atomic mass is 9.76. The Morgan fingerprint density at radius 2 is 1.74 bits per heavy atom. The van der Waals surface area contributed by atoms with E-state index in [4.69, 9.17) is 5.11 Å². The summed E-state index contributed by atoms with van der Waals surface area (Å²) in [7, 11) is 0. The molecule has 7 nitrogen and oxygen atoms in total. The van der Waals surface area contributed by atoms with Crippen molar-refractivity contribution in [2.45, 2.75) is 75.8 Å². The smallest absolute Gasteiger partial charge is 0.329 e. The van der Waals surface area contributed by atoms with Crippen LogP contribution in [0.1, 0.15) is 64.2 Å². The first kappa shape index (κ1) is 17.6. The molecule has 0 spiro atoms. The van der Waals surface area contributed by atoms with E-state index >= 15 is 0 Å². The van der Waals surface area contributed by atoms with Crippen LogP contribution in [0.3, 0.4) is 0 Å². The van der Waals surface area contributed by atoms with E-state index in [1.807, 2.05) is 0 Å². The lowest BCUT2D eigenvalue weighted by Crippen LogP contribution is -2.59. The molecule has 0 bridgehead atoms. The molecule has 2 fully saturated rings. The maximum Gasteiger partial charge on any atom is 0.329 e. The number of aliphatic carboxylic acids is 1. The number of carbonyl (C=O) groups is 3. The third kappa shape index (κ3) is 5.11. The molecule has 0 radical (unpaired) electrons. The molecule has 4 N–H and O–H groups in total. The van der Waals surface area contributed by atoms with Gasteiger partial charge >= 0.3 is 12.0 Å². The van der Waals surface area contributed by atoms with Gasteiger partial charge in [-0.15, -0.1) is 0 Å². The van der Waals surface area contributed by atoms with Crippen LogP contribution in [0.2, 0.25) is 0 Å². The Kier molecular flexibility index (Phi) is 6.24. The van der Waals surface area contributed by atoms with Gasteiger partial charge in [0.05, 0.1) is 0 Å². The van der Waals surface area contributed by atoms with Gasteiger partial charge in [-0.2, -0.15) is 0 Å². The molecular weight excluding hydrogens is 298 g/mol. The van der Waals surface area contributed by atoms with E-state index in [2.05, 4.69) is 16.0 Å². The molecule has 2 aliphatic rings. The minimum absolute atomic E-state index is 0.182. The molecule has 2 aliphatic carbocycles. The van der Waals surface area contributed by atoms with Crippen LogP contribution in [0.15, 0.2) is 0 Å². The zero-order chi connectivity index (χ0) is 16.7. The molecule has 0 aromatic heterocycles. The summed E-state index contributed by atoms with van der Waals surface area (Å²) in [5.41, 5.74) is -1.05. The second kappa shape index (κ2) is 8.17. The molecule has 0 aromatic rings. The summed E-state index contributed by atoms with van der Waals surface area (Å²) >= 11 is 0. The third-order valence-electron chi connectivity index (χ3n) is 4.80. The molecule has 0 atom stereocenters. The van der Waals surface area contributed by atoms with Crippen LogP contribution in [0.4, 0.5) is 4.79 Å². The van der Waals surface area contributed by atoms with E-state index in [1.54, 1.807) is 0 Å². The number of hydrogen-bond acceptors (Lipinski definition) is 3. The SMILES string of the molecule is O=C(CCCNC(=O)NC1CCCCC1)NC1(C(=O)O)CCC1. The Bertz CT molecular complexity index is 443. The summed E-state index contributed by atoms with van der Waals surface area (Å²) in [4.78, 5) is 34.7. The van der Waals surface area contributed by atoms with Gasteiger partial charge in [0, 0.05) is 19.0 Å². The average Bonchev–Trinajstić information content (AvgIpc) is 2.48. The number of carboxylic acid groups (broad SMARTS) is 1. The number of hydrogen-bond donors (Lipinski definition) is 4. The van der Waals surface area contributed by atoms with Crippen LogP contribution in [0, 0.1) is 0 Å². The van der Waals surface area contributed by atoms with Crippen LogP contribution in [0.25, 0.3) is 0 Å². The van der Waals surface area contributed by atoms with Crippen LogP contribution in [-0.2, 0) is 9.59 Å². The predicted octanol–water partition coefficient (Wildman–Crippen LogP) is 1.52. The van der Waals surface area contributed by atoms with Gasteiger partial charge in [-0.25, -0.2) is 9.59 Å². The molecule has 0 aliphatic heterocycles. The maximum atomic E-state index is 11.8. The van der Waals surface area contributed by atoms with E-state index in [-0.39, 0.29) is 24.4 Å².